The summed E-state index contributed by atoms with van der Waals surface area (Å²) in [5.74, 6) is -1.67. The monoisotopic (exact) mass is 297 g/mol. The molecule has 1 heterocycles. The average Bonchev–Trinajstić information content (AvgIpc) is 2.42. The van der Waals surface area contributed by atoms with Gasteiger partial charge in [-0.15, -0.1) is 0 Å². The lowest BCUT2D eigenvalue weighted by atomic mass is 10.3. The van der Waals surface area contributed by atoms with Crippen LogP contribution in [0.1, 0.15) is 10.4 Å². The Kier molecular flexibility index (Phi) is 3.67. The molecule has 0 fully saturated rings. The molecule has 0 unspecified atom stereocenters. The highest BCUT2D eigenvalue weighted by Crippen LogP contribution is 2.16. The first-order valence-corrected chi connectivity index (χ1v) is 8.16. The number of aromatic nitrogens is 2. The molecule has 102 valence electrons. The molecule has 9 nitrogen and oxygen atoms in total. The number of aryl methyl sites for hydroxylation is 1. The molecular weight excluding hydrogens is 286 g/mol. The second-order valence-electron chi connectivity index (χ2n) is 3.60. The zero-order valence-electron chi connectivity index (χ0n) is 9.48. The lowest BCUT2D eigenvalue weighted by molar-refractivity contribution is 0.0698. The van der Waals surface area contributed by atoms with Gasteiger partial charge >= 0.3 is 5.97 Å². The Labute approximate surface area is 103 Å². The molecule has 0 radical (unpaired) electrons. The molecule has 0 aliphatic rings. The number of anilines is 1. The average molecular weight is 297 g/mol. The number of nitrogens with zero attached hydrogens (tertiary/aromatic N) is 2. The van der Waals surface area contributed by atoms with Crippen molar-refractivity contribution in [1.82, 2.24) is 9.78 Å². The fourth-order valence-electron chi connectivity index (χ4n) is 1.17. The van der Waals surface area contributed by atoms with Gasteiger partial charge in [0.15, 0.2) is 20.7 Å². The van der Waals surface area contributed by atoms with E-state index in [1.165, 1.54) is 7.05 Å². The van der Waals surface area contributed by atoms with Crippen LogP contribution in [0.25, 0.3) is 0 Å². The van der Waals surface area contributed by atoms with Gasteiger partial charge in [0.05, 0.1) is 6.20 Å². The normalized spacial score (nSPS) is 12.3. The number of aromatic carboxylic acids is 1. The number of sulfone groups is 1. The second kappa shape index (κ2) is 4.57. The van der Waals surface area contributed by atoms with Crippen LogP contribution in [0, 0.1) is 0 Å². The summed E-state index contributed by atoms with van der Waals surface area (Å²) in [7, 11) is -6.64. The van der Waals surface area contributed by atoms with E-state index in [0.29, 0.717) is 0 Å². The largest absolute Gasteiger partial charge is 0.477 e. The minimum Gasteiger partial charge on any atom is -0.477 e. The van der Waals surface area contributed by atoms with E-state index in [9.17, 15) is 21.6 Å². The fraction of sp³-hybridized carbons (Fsp3) is 0.429. The number of carboxylic acid groups (broad SMARTS) is 1. The van der Waals surface area contributed by atoms with Gasteiger partial charge in [0.2, 0.25) is 10.0 Å². The van der Waals surface area contributed by atoms with Gasteiger partial charge in [0.1, 0.15) is 5.56 Å². The van der Waals surface area contributed by atoms with Crippen LogP contribution in [0.4, 0.5) is 5.82 Å². The van der Waals surface area contributed by atoms with Gasteiger partial charge < -0.3 is 5.11 Å². The van der Waals surface area contributed by atoms with E-state index in [-0.39, 0.29) is 11.4 Å². The van der Waals surface area contributed by atoms with Gasteiger partial charge in [-0.05, 0) is 0 Å². The molecule has 0 amide bonds. The number of carboxylic acids is 1. The van der Waals surface area contributed by atoms with Crippen LogP contribution < -0.4 is 4.72 Å². The van der Waals surface area contributed by atoms with E-state index in [1.807, 2.05) is 4.72 Å². The Morgan fingerprint density at radius 2 is 2.00 bits per heavy atom. The predicted molar refractivity (Wildman–Crippen MR) is 62.4 cm³/mol. The minimum absolute atomic E-state index is 0.300. The molecule has 0 saturated heterocycles. The van der Waals surface area contributed by atoms with Crippen molar-refractivity contribution >= 4 is 31.6 Å². The van der Waals surface area contributed by atoms with Gasteiger partial charge in [0.25, 0.3) is 0 Å². The van der Waals surface area contributed by atoms with Crippen LogP contribution >= 0.6 is 0 Å². The summed E-state index contributed by atoms with van der Waals surface area (Å²) in [6.07, 6.45) is 1.72. The number of hydrogen-bond acceptors (Lipinski definition) is 6. The molecule has 1 rings (SSSR count). The molecule has 0 aliphatic heterocycles. The van der Waals surface area contributed by atoms with E-state index >= 15 is 0 Å². The maximum Gasteiger partial charge on any atom is 0.341 e. The van der Waals surface area contributed by atoms with Crippen LogP contribution in [-0.2, 0) is 26.9 Å². The van der Waals surface area contributed by atoms with Crippen LogP contribution in [-0.4, -0.2) is 49.0 Å². The van der Waals surface area contributed by atoms with E-state index in [0.717, 1.165) is 17.1 Å². The van der Waals surface area contributed by atoms with Gasteiger partial charge in [-0.1, -0.05) is 0 Å². The van der Waals surface area contributed by atoms with Gasteiger partial charge in [-0.3, -0.25) is 9.40 Å². The third-order valence-corrected chi connectivity index (χ3v) is 5.25. The molecule has 0 aromatic carbocycles. The van der Waals surface area contributed by atoms with E-state index < -0.39 is 30.9 Å². The molecule has 18 heavy (non-hydrogen) atoms. The SMILES string of the molecule is Cn1ncc(C(=O)O)c1NS(=O)(=O)CS(C)(=O)=O. The number of hydrogen-bond donors (Lipinski definition) is 2. The van der Waals surface area contributed by atoms with Gasteiger partial charge in [0, 0.05) is 13.3 Å². The van der Waals surface area contributed by atoms with Crippen molar-refractivity contribution in [3.8, 4) is 0 Å². The predicted octanol–water partition coefficient (Wildman–Crippen LogP) is -1.14. The van der Waals surface area contributed by atoms with Crippen LogP contribution in [0.5, 0.6) is 0 Å². The Morgan fingerprint density at radius 1 is 1.44 bits per heavy atom. The quantitative estimate of drug-likeness (QED) is 0.701. The Morgan fingerprint density at radius 3 is 2.44 bits per heavy atom. The zero-order chi connectivity index (χ0) is 14.1. The van der Waals surface area contributed by atoms with Crippen LogP contribution in [0.2, 0.25) is 0 Å². The molecule has 0 aliphatic carbocycles. The second-order valence-corrected chi connectivity index (χ2v) is 7.82. The van der Waals surface area contributed by atoms with Crippen molar-refractivity contribution in [2.45, 2.75) is 0 Å². The summed E-state index contributed by atoms with van der Waals surface area (Å²) in [6, 6.07) is 0. The summed E-state index contributed by atoms with van der Waals surface area (Å²) >= 11 is 0. The lowest BCUT2D eigenvalue weighted by Crippen LogP contribution is -2.24. The third-order valence-electron chi connectivity index (χ3n) is 1.79. The number of sulfonamides is 1. The Balaban J connectivity index is 3.12. The molecule has 1 aromatic heterocycles. The van der Waals surface area contributed by atoms with Crippen molar-refractivity contribution in [1.29, 1.82) is 0 Å². The molecule has 1 aromatic rings. The standard InChI is InChI=1S/C7H11N3O6S2/c1-10-6(5(3-8-10)7(11)12)9-18(15,16)4-17(2,13)14/h3,9H,4H2,1-2H3,(H,11,12). The topological polar surface area (TPSA) is 135 Å². The number of rotatable bonds is 5. The first kappa shape index (κ1) is 14.4. The van der Waals surface area contributed by atoms with Crippen molar-refractivity contribution in [3.05, 3.63) is 11.8 Å². The summed E-state index contributed by atoms with van der Waals surface area (Å²) in [6.45, 7) is 0. The molecule has 0 bridgehead atoms. The first-order valence-electron chi connectivity index (χ1n) is 4.45. The van der Waals surface area contributed by atoms with Crippen LogP contribution in [0.15, 0.2) is 6.20 Å². The maximum atomic E-state index is 11.5. The highest BCUT2D eigenvalue weighted by atomic mass is 32.3. The zero-order valence-corrected chi connectivity index (χ0v) is 11.1. The number of nitrogens with one attached hydrogen (secondary N) is 1. The minimum atomic E-state index is -4.20. The van der Waals surface area contributed by atoms with Crippen molar-refractivity contribution in [2.75, 3.05) is 16.1 Å². The molecule has 11 heteroatoms. The molecule has 2 N–H and O–H groups in total. The van der Waals surface area contributed by atoms with Crippen molar-refractivity contribution < 1.29 is 26.7 Å². The van der Waals surface area contributed by atoms with Gasteiger partial charge in [-0.2, -0.15) is 5.10 Å². The van der Waals surface area contributed by atoms with E-state index in [2.05, 4.69) is 5.10 Å². The van der Waals surface area contributed by atoms with Crippen LogP contribution in [0.3, 0.4) is 0 Å². The van der Waals surface area contributed by atoms with Crippen molar-refractivity contribution in [2.24, 2.45) is 7.05 Å². The molecular formula is C7H11N3O6S2. The molecule has 0 saturated carbocycles. The Bertz CT molecular complexity index is 672. The third kappa shape index (κ3) is 3.70. The number of carbonyl (C=O) groups is 1. The maximum absolute atomic E-state index is 11.5. The summed E-state index contributed by atoms with van der Waals surface area (Å²) < 4.78 is 47.7. The molecule has 0 atom stereocenters. The van der Waals surface area contributed by atoms with Crippen molar-refractivity contribution in [3.63, 3.8) is 0 Å². The van der Waals surface area contributed by atoms with E-state index in [1.54, 1.807) is 0 Å². The summed E-state index contributed by atoms with van der Waals surface area (Å²) in [5.41, 5.74) is -0.366. The lowest BCUT2D eigenvalue weighted by Gasteiger charge is -2.08. The first-order chi connectivity index (χ1) is 8.02. The summed E-state index contributed by atoms with van der Waals surface area (Å²) in [4.78, 5) is 10.8. The summed E-state index contributed by atoms with van der Waals surface area (Å²) in [5, 5.41) is 11.2. The van der Waals surface area contributed by atoms with Gasteiger partial charge in [-0.25, -0.2) is 21.6 Å². The van der Waals surface area contributed by atoms with E-state index in [4.69, 9.17) is 5.11 Å². The highest BCUT2D eigenvalue weighted by molar-refractivity contribution is 8.08. The molecule has 0 spiro atoms. The highest BCUT2D eigenvalue weighted by Gasteiger charge is 2.23. The Hall–Kier alpha value is -1.62. The fourth-order valence-corrected chi connectivity index (χ4v) is 4.20. The smallest absolute Gasteiger partial charge is 0.341 e.